The molecule has 0 bridgehead atoms. The van der Waals surface area contributed by atoms with E-state index in [-0.39, 0.29) is 24.0 Å². The van der Waals surface area contributed by atoms with Gasteiger partial charge in [-0.25, -0.2) is 4.99 Å². The van der Waals surface area contributed by atoms with Gasteiger partial charge < -0.3 is 10.6 Å². The number of aliphatic imine (C=N–C) groups is 1. The smallest absolute Gasteiger partial charge is 0.191 e. The Morgan fingerprint density at radius 2 is 2.10 bits per heavy atom. The molecule has 0 spiro atoms. The van der Waals surface area contributed by atoms with Gasteiger partial charge in [-0.3, -0.25) is 0 Å². The second-order valence-corrected chi connectivity index (χ2v) is 6.71. The van der Waals surface area contributed by atoms with E-state index < -0.39 is 0 Å². The molecule has 3 nitrogen and oxygen atoms in total. The minimum Gasteiger partial charge on any atom is -0.370 e. The summed E-state index contributed by atoms with van der Waals surface area (Å²) in [6, 6.07) is 8.41. The molecule has 1 saturated heterocycles. The van der Waals surface area contributed by atoms with Crippen LogP contribution < -0.4 is 5.73 Å². The Bertz CT molecular complexity index is 491. The first-order chi connectivity index (χ1) is 9.24. The summed E-state index contributed by atoms with van der Waals surface area (Å²) in [6.45, 7) is 2.04. The van der Waals surface area contributed by atoms with Crippen molar-refractivity contribution in [2.45, 2.75) is 18.4 Å². The number of benzene rings is 1. The monoisotopic (exact) mass is 423 g/mol. The van der Waals surface area contributed by atoms with E-state index in [9.17, 15) is 0 Å². The molecule has 2 fully saturated rings. The Hall–Kier alpha value is -0.140. The van der Waals surface area contributed by atoms with Crippen LogP contribution in [0.15, 0.2) is 29.3 Å². The quantitative estimate of drug-likeness (QED) is 0.451. The third-order valence-electron chi connectivity index (χ3n) is 3.67. The summed E-state index contributed by atoms with van der Waals surface area (Å²) in [5.74, 6) is 3.52. The van der Waals surface area contributed by atoms with E-state index in [0.717, 1.165) is 42.0 Å². The van der Waals surface area contributed by atoms with Crippen molar-refractivity contribution >= 4 is 53.3 Å². The minimum absolute atomic E-state index is 0. The molecule has 110 valence electrons. The molecule has 2 aliphatic rings. The highest BCUT2D eigenvalue weighted by Gasteiger charge is 2.39. The predicted octanol–water partition coefficient (Wildman–Crippen LogP) is 3.18. The van der Waals surface area contributed by atoms with Crippen molar-refractivity contribution in [1.82, 2.24) is 4.90 Å². The molecule has 1 aliphatic heterocycles. The van der Waals surface area contributed by atoms with Crippen LogP contribution in [0.5, 0.6) is 0 Å². The third kappa shape index (κ3) is 3.95. The fourth-order valence-corrected chi connectivity index (χ4v) is 3.57. The first-order valence-electron chi connectivity index (χ1n) is 6.65. The van der Waals surface area contributed by atoms with Gasteiger partial charge in [-0.15, -0.1) is 24.0 Å². The van der Waals surface area contributed by atoms with Crippen LogP contribution in [0.3, 0.4) is 0 Å². The summed E-state index contributed by atoms with van der Waals surface area (Å²) in [6.07, 6.45) is 1.09. The fourth-order valence-electron chi connectivity index (χ4n) is 2.46. The lowest BCUT2D eigenvalue weighted by atomic mass is 10.1. The summed E-state index contributed by atoms with van der Waals surface area (Å²) >= 11 is 8.00. The fraction of sp³-hybridized carbons (Fsp3) is 0.500. The Morgan fingerprint density at radius 1 is 1.35 bits per heavy atom. The van der Waals surface area contributed by atoms with Gasteiger partial charge in [0, 0.05) is 35.5 Å². The van der Waals surface area contributed by atoms with Crippen molar-refractivity contribution in [3.8, 4) is 0 Å². The lowest BCUT2D eigenvalue weighted by Crippen LogP contribution is -2.42. The Balaban J connectivity index is 0.00000147. The second kappa shape index (κ2) is 7.22. The molecule has 1 saturated carbocycles. The molecule has 2 unspecified atom stereocenters. The van der Waals surface area contributed by atoms with Crippen LogP contribution in [0.4, 0.5) is 0 Å². The maximum atomic E-state index is 6.10. The summed E-state index contributed by atoms with van der Waals surface area (Å²) in [5, 5.41) is 0.799. The zero-order chi connectivity index (χ0) is 13.2. The normalized spacial score (nSPS) is 26.1. The zero-order valence-corrected chi connectivity index (χ0v) is 15.1. The Morgan fingerprint density at radius 3 is 2.80 bits per heavy atom. The average molecular weight is 424 g/mol. The van der Waals surface area contributed by atoms with Crippen molar-refractivity contribution in [3.05, 3.63) is 34.9 Å². The van der Waals surface area contributed by atoms with E-state index in [1.807, 2.05) is 30.0 Å². The number of guanidine groups is 1. The summed E-state index contributed by atoms with van der Waals surface area (Å²) < 4.78 is 0. The van der Waals surface area contributed by atoms with Crippen LogP contribution in [0.1, 0.15) is 17.9 Å². The van der Waals surface area contributed by atoms with Crippen molar-refractivity contribution in [3.63, 3.8) is 0 Å². The van der Waals surface area contributed by atoms with Gasteiger partial charge in [0.2, 0.25) is 0 Å². The SMILES string of the molecule is I.NC(=NC1CC1c1cccc(Cl)c1)N1CCSCC1. The van der Waals surface area contributed by atoms with Gasteiger partial charge >= 0.3 is 0 Å². The van der Waals surface area contributed by atoms with Gasteiger partial charge in [-0.2, -0.15) is 11.8 Å². The summed E-state index contributed by atoms with van der Waals surface area (Å²) in [4.78, 5) is 6.87. The molecule has 1 aromatic carbocycles. The van der Waals surface area contributed by atoms with Crippen LogP contribution in [-0.4, -0.2) is 41.5 Å². The molecule has 1 aliphatic carbocycles. The lowest BCUT2D eigenvalue weighted by Gasteiger charge is -2.27. The standard InChI is InChI=1S/C14H18ClN3S.HI/c15-11-3-1-2-10(8-11)12-9-13(12)17-14(16)18-4-6-19-7-5-18;/h1-3,8,12-13H,4-7,9H2,(H2,16,17);1H. The van der Waals surface area contributed by atoms with Gasteiger partial charge in [0.15, 0.2) is 5.96 Å². The Labute approximate surface area is 146 Å². The van der Waals surface area contributed by atoms with E-state index in [1.165, 1.54) is 5.56 Å². The van der Waals surface area contributed by atoms with Crippen LogP contribution in [0.2, 0.25) is 5.02 Å². The van der Waals surface area contributed by atoms with Crippen molar-refractivity contribution < 1.29 is 0 Å². The number of halogens is 2. The highest BCUT2D eigenvalue weighted by atomic mass is 127. The van der Waals surface area contributed by atoms with E-state index in [4.69, 9.17) is 17.3 Å². The molecule has 0 radical (unpaired) electrons. The van der Waals surface area contributed by atoms with Gasteiger partial charge in [0.05, 0.1) is 6.04 Å². The first kappa shape index (κ1) is 16.2. The molecule has 1 aromatic rings. The molecule has 2 N–H and O–H groups in total. The number of nitrogens with two attached hydrogens (primary N) is 1. The van der Waals surface area contributed by atoms with Gasteiger partial charge in [0.1, 0.15) is 0 Å². The van der Waals surface area contributed by atoms with Crippen LogP contribution in [0.25, 0.3) is 0 Å². The van der Waals surface area contributed by atoms with Crippen molar-refractivity contribution in [1.29, 1.82) is 0 Å². The van der Waals surface area contributed by atoms with Crippen LogP contribution in [-0.2, 0) is 0 Å². The molecular formula is C14H19ClIN3S. The molecule has 3 rings (SSSR count). The van der Waals surface area contributed by atoms with E-state index in [2.05, 4.69) is 16.0 Å². The average Bonchev–Trinajstić information content (AvgIpc) is 3.19. The molecule has 2 atom stereocenters. The predicted molar refractivity (Wildman–Crippen MR) is 98.5 cm³/mol. The third-order valence-corrected chi connectivity index (χ3v) is 4.84. The summed E-state index contributed by atoms with van der Waals surface area (Å²) in [7, 11) is 0. The largest absolute Gasteiger partial charge is 0.370 e. The van der Waals surface area contributed by atoms with Gasteiger partial charge in [0.25, 0.3) is 0 Å². The van der Waals surface area contributed by atoms with Crippen LogP contribution >= 0.6 is 47.3 Å². The van der Waals surface area contributed by atoms with Gasteiger partial charge in [-0.05, 0) is 24.1 Å². The highest BCUT2D eigenvalue weighted by molar-refractivity contribution is 14.0. The van der Waals surface area contributed by atoms with Gasteiger partial charge in [-0.1, -0.05) is 23.7 Å². The van der Waals surface area contributed by atoms with E-state index in [0.29, 0.717) is 12.0 Å². The number of nitrogens with zero attached hydrogens (tertiary/aromatic N) is 2. The maximum Gasteiger partial charge on any atom is 0.191 e. The first-order valence-corrected chi connectivity index (χ1v) is 8.19. The van der Waals surface area contributed by atoms with Crippen molar-refractivity contribution in [2.75, 3.05) is 24.6 Å². The summed E-state index contributed by atoms with van der Waals surface area (Å²) in [5.41, 5.74) is 7.38. The van der Waals surface area contributed by atoms with E-state index >= 15 is 0 Å². The number of hydrogen-bond donors (Lipinski definition) is 1. The number of hydrogen-bond acceptors (Lipinski definition) is 2. The van der Waals surface area contributed by atoms with Crippen LogP contribution in [0, 0.1) is 0 Å². The van der Waals surface area contributed by atoms with Crippen molar-refractivity contribution in [2.24, 2.45) is 10.7 Å². The topological polar surface area (TPSA) is 41.6 Å². The molecule has 20 heavy (non-hydrogen) atoms. The molecule has 0 amide bonds. The number of thioether (sulfide) groups is 1. The molecule has 6 heteroatoms. The zero-order valence-electron chi connectivity index (χ0n) is 11.2. The number of rotatable bonds is 2. The molecule has 1 heterocycles. The second-order valence-electron chi connectivity index (χ2n) is 5.05. The minimum atomic E-state index is 0. The Kier molecular flexibility index (Phi) is 5.86. The molecular weight excluding hydrogens is 405 g/mol. The molecule has 0 aromatic heterocycles. The lowest BCUT2D eigenvalue weighted by molar-refractivity contribution is 0.455. The maximum absolute atomic E-state index is 6.10. The highest BCUT2D eigenvalue weighted by Crippen LogP contribution is 2.44. The van der Waals surface area contributed by atoms with E-state index in [1.54, 1.807) is 0 Å².